The van der Waals surface area contributed by atoms with Gasteiger partial charge in [-0.15, -0.1) is 0 Å². The first-order chi connectivity index (χ1) is 13.0. The van der Waals surface area contributed by atoms with Crippen LogP contribution in [0, 0.1) is 0 Å². The number of hydrogen-bond acceptors (Lipinski definition) is 5. The summed E-state index contributed by atoms with van der Waals surface area (Å²) in [6, 6.07) is 5.29. The summed E-state index contributed by atoms with van der Waals surface area (Å²) < 4.78 is 0. The van der Waals surface area contributed by atoms with Crippen molar-refractivity contribution in [2.75, 3.05) is 6.54 Å². The zero-order valence-corrected chi connectivity index (χ0v) is 15.4. The number of fused-ring (bicyclic) bond motifs is 1. The Hall–Kier alpha value is -2.25. The molecule has 7 nitrogen and oxygen atoms in total. The van der Waals surface area contributed by atoms with Gasteiger partial charge in [-0.25, -0.2) is 0 Å². The Morgan fingerprint density at radius 3 is 2.70 bits per heavy atom. The van der Waals surface area contributed by atoms with Crippen LogP contribution in [0.3, 0.4) is 0 Å². The third kappa shape index (κ3) is 3.26. The van der Waals surface area contributed by atoms with Crippen LogP contribution < -0.4 is 16.4 Å². The predicted molar refractivity (Wildman–Crippen MR) is 99.6 cm³/mol. The molecule has 1 aromatic carbocycles. The summed E-state index contributed by atoms with van der Waals surface area (Å²) in [7, 11) is 0. The van der Waals surface area contributed by atoms with Crippen LogP contribution in [0.15, 0.2) is 18.2 Å². The van der Waals surface area contributed by atoms with E-state index in [1.807, 2.05) is 18.2 Å². The van der Waals surface area contributed by atoms with Crippen molar-refractivity contribution in [2.45, 2.75) is 63.2 Å². The summed E-state index contributed by atoms with van der Waals surface area (Å²) in [5.41, 5.74) is 8.56. The minimum Gasteiger partial charge on any atom is -0.329 e. The Bertz CT molecular complexity index is 785. The molecular weight excluding hydrogens is 344 g/mol. The molecule has 1 atom stereocenters. The Labute approximate surface area is 158 Å². The molecule has 27 heavy (non-hydrogen) atoms. The zero-order valence-electron chi connectivity index (χ0n) is 15.4. The third-order valence-corrected chi connectivity index (χ3v) is 6.24. The summed E-state index contributed by atoms with van der Waals surface area (Å²) >= 11 is 0. The average molecular weight is 370 g/mol. The van der Waals surface area contributed by atoms with Crippen molar-refractivity contribution >= 4 is 17.7 Å². The second-order valence-electron chi connectivity index (χ2n) is 7.90. The van der Waals surface area contributed by atoms with Crippen LogP contribution in [0.1, 0.15) is 60.0 Å². The van der Waals surface area contributed by atoms with Gasteiger partial charge in [0, 0.05) is 37.2 Å². The lowest BCUT2D eigenvalue weighted by molar-refractivity contribution is -0.136. The second-order valence-corrected chi connectivity index (χ2v) is 7.90. The maximum absolute atomic E-state index is 13.1. The van der Waals surface area contributed by atoms with E-state index in [2.05, 4.69) is 10.6 Å². The van der Waals surface area contributed by atoms with Crippen LogP contribution in [-0.4, -0.2) is 40.7 Å². The highest BCUT2D eigenvalue weighted by molar-refractivity contribution is 6.05. The first kappa shape index (κ1) is 18.1. The quantitative estimate of drug-likeness (QED) is 0.666. The van der Waals surface area contributed by atoms with E-state index in [9.17, 15) is 14.4 Å². The normalized spacial score (nSPS) is 24.3. The van der Waals surface area contributed by atoms with Crippen molar-refractivity contribution in [3.63, 3.8) is 0 Å². The summed E-state index contributed by atoms with van der Waals surface area (Å²) in [6.45, 7) is 1.60. The number of piperidine rings is 1. The number of benzene rings is 1. The second kappa shape index (κ2) is 7.05. The summed E-state index contributed by atoms with van der Waals surface area (Å²) in [5.74, 6) is -0.765. The largest absolute Gasteiger partial charge is 0.329 e. The molecule has 144 valence electrons. The molecule has 0 spiro atoms. The molecule has 0 aromatic heterocycles. The number of nitrogens with zero attached hydrogens (tertiary/aromatic N) is 1. The lowest BCUT2D eigenvalue weighted by Crippen LogP contribution is -2.52. The van der Waals surface area contributed by atoms with Crippen molar-refractivity contribution in [1.29, 1.82) is 0 Å². The maximum atomic E-state index is 13.1. The first-order valence-electron chi connectivity index (χ1n) is 9.73. The van der Waals surface area contributed by atoms with Crippen molar-refractivity contribution in [2.24, 2.45) is 5.73 Å². The smallest absolute Gasteiger partial charge is 0.255 e. The zero-order chi connectivity index (χ0) is 19.0. The minimum atomic E-state index is -0.575. The molecule has 4 rings (SSSR count). The van der Waals surface area contributed by atoms with Gasteiger partial charge in [-0.1, -0.05) is 31.0 Å². The molecule has 1 aliphatic carbocycles. The molecule has 4 N–H and O–H groups in total. The molecule has 1 saturated carbocycles. The maximum Gasteiger partial charge on any atom is 0.255 e. The molecule has 1 unspecified atom stereocenters. The molecule has 2 fully saturated rings. The monoisotopic (exact) mass is 370 g/mol. The van der Waals surface area contributed by atoms with Gasteiger partial charge in [-0.05, 0) is 30.4 Å². The van der Waals surface area contributed by atoms with Crippen LogP contribution >= 0.6 is 0 Å². The standard InChI is InChI=1S/C20H26N4O3/c21-12-20(8-1-2-9-20)22-10-13-4-3-5-14-11-24(19(27)17(13)14)15-6-7-16(25)23-18(15)26/h3-5,15,22H,1-2,6-12,21H2,(H,23,25,26). The van der Waals surface area contributed by atoms with E-state index < -0.39 is 6.04 Å². The van der Waals surface area contributed by atoms with Crippen LogP contribution in [0.25, 0.3) is 0 Å². The Balaban J connectivity index is 1.53. The topological polar surface area (TPSA) is 105 Å². The SMILES string of the molecule is NCC1(NCc2cccc3c2C(=O)N(C2CCC(=O)NC2=O)C3)CCCC1. The van der Waals surface area contributed by atoms with Crippen LogP contribution in [0.5, 0.6) is 0 Å². The van der Waals surface area contributed by atoms with E-state index >= 15 is 0 Å². The third-order valence-electron chi connectivity index (χ3n) is 6.24. The fourth-order valence-electron chi connectivity index (χ4n) is 4.62. The van der Waals surface area contributed by atoms with Crippen molar-refractivity contribution in [3.05, 3.63) is 34.9 Å². The number of rotatable bonds is 5. The molecule has 0 radical (unpaired) electrons. The fourth-order valence-corrected chi connectivity index (χ4v) is 4.62. The van der Waals surface area contributed by atoms with Crippen molar-refractivity contribution in [3.8, 4) is 0 Å². The number of nitrogens with one attached hydrogen (secondary N) is 2. The molecule has 2 aliphatic heterocycles. The van der Waals surface area contributed by atoms with Crippen LogP contribution in [0.2, 0.25) is 0 Å². The lowest BCUT2D eigenvalue weighted by Gasteiger charge is -2.30. The van der Waals surface area contributed by atoms with Gasteiger partial charge in [0.2, 0.25) is 11.8 Å². The molecule has 3 aliphatic rings. The van der Waals surface area contributed by atoms with E-state index in [1.165, 1.54) is 12.8 Å². The number of carbonyl (C=O) groups is 3. The van der Waals surface area contributed by atoms with Crippen LogP contribution in [-0.2, 0) is 22.7 Å². The van der Waals surface area contributed by atoms with Gasteiger partial charge in [-0.2, -0.15) is 0 Å². The molecular formula is C20H26N4O3. The average Bonchev–Trinajstić information content (AvgIpc) is 3.26. The highest BCUT2D eigenvalue weighted by atomic mass is 16.2. The number of carbonyl (C=O) groups excluding carboxylic acids is 3. The lowest BCUT2D eigenvalue weighted by atomic mass is 9.96. The van der Waals surface area contributed by atoms with E-state index in [1.54, 1.807) is 4.90 Å². The van der Waals surface area contributed by atoms with Gasteiger partial charge in [0.1, 0.15) is 6.04 Å². The molecule has 3 amide bonds. The Kier molecular flexibility index (Phi) is 4.74. The van der Waals surface area contributed by atoms with Gasteiger partial charge in [0.05, 0.1) is 0 Å². The Morgan fingerprint density at radius 1 is 1.22 bits per heavy atom. The van der Waals surface area contributed by atoms with Gasteiger partial charge in [0.25, 0.3) is 5.91 Å². The van der Waals surface area contributed by atoms with Crippen LogP contribution in [0.4, 0.5) is 0 Å². The Morgan fingerprint density at radius 2 is 2.00 bits per heavy atom. The fraction of sp³-hybridized carbons (Fsp3) is 0.550. The molecule has 0 bridgehead atoms. The number of imide groups is 1. The highest BCUT2D eigenvalue weighted by Gasteiger charge is 2.40. The van der Waals surface area contributed by atoms with Gasteiger partial charge in [-0.3, -0.25) is 19.7 Å². The van der Waals surface area contributed by atoms with E-state index in [-0.39, 0.29) is 29.7 Å². The highest BCUT2D eigenvalue weighted by Crippen LogP contribution is 2.32. The predicted octanol–water partition coefficient (Wildman–Crippen LogP) is 0.809. The van der Waals surface area contributed by atoms with Gasteiger partial charge < -0.3 is 16.0 Å². The molecule has 2 heterocycles. The molecule has 1 saturated heterocycles. The first-order valence-corrected chi connectivity index (χ1v) is 9.73. The summed E-state index contributed by atoms with van der Waals surface area (Å²) in [5, 5.41) is 5.95. The van der Waals surface area contributed by atoms with E-state index in [0.717, 1.165) is 24.0 Å². The van der Waals surface area contributed by atoms with E-state index in [0.29, 0.717) is 31.6 Å². The molecule has 1 aromatic rings. The number of hydrogen-bond donors (Lipinski definition) is 3. The van der Waals surface area contributed by atoms with Gasteiger partial charge >= 0.3 is 0 Å². The van der Waals surface area contributed by atoms with Gasteiger partial charge in [0.15, 0.2) is 0 Å². The molecule has 7 heteroatoms. The number of amides is 3. The van der Waals surface area contributed by atoms with Crippen molar-refractivity contribution < 1.29 is 14.4 Å². The summed E-state index contributed by atoms with van der Waals surface area (Å²) in [6.07, 6.45) is 5.14. The van der Waals surface area contributed by atoms with E-state index in [4.69, 9.17) is 5.73 Å². The minimum absolute atomic E-state index is 0.0340. The van der Waals surface area contributed by atoms with Crippen molar-refractivity contribution in [1.82, 2.24) is 15.5 Å². The summed E-state index contributed by atoms with van der Waals surface area (Å²) in [4.78, 5) is 38.3. The number of nitrogens with two attached hydrogens (primary N) is 1.